The van der Waals surface area contributed by atoms with Gasteiger partial charge < -0.3 is 5.32 Å². The number of rotatable bonds is 6. The molecule has 0 radical (unpaired) electrons. The van der Waals surface area contributed by atoms with Crippen molar-refractivity contribution in [3.8, 4) is 0 Å². The monoisotopic (exact) mass is 376 g/mol. The van der Waals surface area contributed by atoms with Crippen molar-refractivity contribution in [2.45, 2.75) is 17.7 Å². The molecule has 8 heteroatoms. The van der Waals surface area contributed by atoms with E-state index in [0.717, 1.165) is 23.5 Å². The summed E-state index contributed by atoms with van der Waals surface area (Å²) in [6.45, 7) is 1.35. The Morgan fingerprint density at radius 2 is 2.09 bits per heavy atom. The van der Waals surface area contributed by atoms with Crippen LogP contribution in [0, 0.1) is 5.92 Å². The van der Waals surface area contributed by atoms with E-state index < -0.39 is 10.0 Å². The van der Waals surface area contributed by atoms with Crippen LogP contribution in [0.2, 0.25) is 5.02 Å². The second-order valence-corrected chi connectivity index (χ2v) is 9.14. The number of hydrogen-bond acceptors (Lipinski definition) is 4. The van der Waals surface area contributed by atoms with Gasteiger partial charge in [-0.1, -0.05) is 11.6 Å². The quantitative estimate of drug-likeness (QED) is 0.610. The molecule has 5 nitrogen and oxygen atoms in total. The maximum Gasteiger partial charge on any atom is 0.224 e. The molecule has 1 atom stereocenters. The van der Waals surface area contributed by atoms with Gasteiger partial charge in [0.2, 0.25) is 15.9 Å². The van der Waals surface area contributed by atoms with Crippen molar-refractivity contribution < 1.29 is 13.2 Å². The van der Waals surface area contributed by atoms with Crippen molar-refractivity contribution >= 4 is 39.3 Å². The van der Waals surface area contributed by atoms with Crippen LogP contribution in [0.25, 0.3) is 0 Å². The van der Waals surface area contributed by atoms with Crippen LogP contribution in [0.1, 0.15) is 12.8 Å². The average Bonchev–Trinajstić information content (AvgIpc) is 2.52. The van der Waals surface area contributed by atoms with E-state index in [4.69, 9.17) is 11.6 Å². The van der Waals surface area contributed by atoms with Crippen LogP contribution in [0.4, 0.5) is 0 Å². The zero-order valence-electron chi connectivity index (χ0n) is 13.0. The Bertz CT molecular complexity index is 635. The number of sulfonamides is 1. The summed E-state index contributed by atoms with van der Waals surface area (Å²) < 4.78 is 24.5. The number of amides is 1. The van der Waals surface area contributed by atoms with E-state index in [9.17, 15) is 13.2 Å². The Hall–Kier alpha value is -0.760. The van der Waals surface area contributed by atoms with E-state index in [1.54, 1.807) is 11.8 Å². The summed E-state index contributed by atoms with van der Waals surface area (Å²) in [5, 5.41) is 3.60. The summed E-state index contributed by atoms with van der Waals surface area (Å²) in [6.07, 6.45) is 2.66. The van der Waals surface area contributed by atoms with Crippen molar-refractivity contribution in [3.05, 3.63) is 29.3 Å². The summed E-state index contributed by atoms with van der Waals surface area (Å²) >= 11 is 7.47. The maximum absolute atomic E-state index is 12.2. The Labute approximate surface area is 146 Å². The van der Waals surface area contributed by atoms with Crippen LogP contribution in [-0.4, -0.2) is 50.3 Å². The van der Waals surface area contributed by atoms with Gasteiger partial charge in [0.1, 0.15) is 0 Å². The van der Waals surface area contributed by atoms with Gasteiger partial charge >= 0.3 is 0 Å². The Morgan fingerprint density at radius 1 is 1.39 bits per heavy atom. The molecule has 0 spiro atoms. The van der Waals surface area contributed by atoms with Crippen molar-refractivity contribution in [2.75, 3.05) is 31.6 Å². The fraction of sp³-hybridized carbons (Fsp3) is 0.533. The molecule has 1 unspecified atom stereocenters. The fourth-order valence-electron chi connectivity index (χ4n) is 2.48. The summed E-state index contributed by atoms with van der Waals surface area (Å²) in [6, 6.07) is 7.56. The van der Waals surface area contributed by atoms with Crippen LogP contribution in [0.5, 0.6) is 0 Å². The van der Waals surface area contributed by atoms with Crippen molar-refractivity contribution in [1.82, 2.24) is 9.62 Å². The number of piperidine rings is 1. The van der Waals surface area contributed by atoms with Crippen molar-refractivity contribution in [2.24, 2.45) is 5.92 Å². The lowest BCUT2D eigenvalue weighted by Gasteiger charge is -2.30. The standard InChI is InChI=1S/C15H21ClN2O3S2/c1-23(20,21)18-9-2-3-12(11-18)15(19)17-8-10-22-14-6-4-13(16)5-7-14/h4-7,12H,2-3,8-11H2,1H3,(H,17,19). The smallest absolute Gasteiger partial charge is 0.224 e. The first-order chi connectivity index (χ1) is 10.9. The molecule has 128 valence electrons. The highest BCUT2D eigenvalue weighted by Crippen LogP contribution is 2.21. The molecule has 0 bridgehead atoms. The minimum atomic E-state index is -3.22. The topological polar surface area (TPSA) is 66.5 Å². The number of halogens is 1. The van der Waals surface area contributed by atoms with E-state index >= 15 is 0 Å². The Balaban J connectivity index is 1.73. The Kier molecular flexibility index (Phi) is 6.76. The highest BCUT2D eigenvalue weighted by atomic mass is 35.5. The lowest BCUT2D eigenvalue weighted by atomic mass is 9.99. The highest BCUT2D eigenvalue weighted by Gasteiger charge is 2.29. The molecule has 1 saturated heterocycles. The minimum Gasteiger partial charge on any atom is -0.355 e. The van der Waals surface area contributed by atoms with Gasteiger partial charge in [-0.2, -0.15) is 0 Å². The lowest BCUT2D eigenvalue weighted by molar-refractivity contribution is -0.125. The van der Waals surface area contributed by atoms with Gasteiger partial charge in [0.15, 0.2) is 0 Å². The van der Waals surface area contributed by atoms with Gasteiger partial charge in [-0.15, -0.1) is 11.8 Å². The summed E-state index contributed by atoms with van der Waals surface area (Å²) in [4.78, 5) is 13.3. The molecule has 0 saturated carbocycles. The molecule has 1 heterocycles. The molecule has 1 aromatic rings. The molecule has 23 heavy (non-hydrogen) atoms. The minimum absolute atomic E-state index is 0.0601. The predicted molar refractivity (Wildman–Crippen MR) is 94.3 cm³/mol. The average molecular weight is 377 g/mol. The Morgan fingerprint density at radius 3 is 2.74 bits per heavy atom. The number of nitrogens with one attached hydrogen (secondary N) is 1. The summed E-state index contributed by atoms with van der Waals surface area (Å²) in [5.41, 5.74) is 0. The third-order valence-corrected chi connectivity index (χ3v) is 6.24. The number of carbonyl (C=O) groups excluding carboxylic acids is 1. The van der Waals surface area contributed by atoms with Crippen LogP contribution in [0.15, 0.2) is 29.2 Å². The zero-order valence-corrected chi connectivity index (χ0v) is 15.4. The van der Waals surface area contributed by atoms with Crippen LogP contribution >= 0.6 is 23.4 Å². The molecule has 2 rings (SSSR count). The third kappa shape index (κ3) is 5.99. The summed E-state index contributed by atoms with van der Waals surface area (Å²) in [5.74, 6) is 0.449. The third-order valence-electron chi connectivity index (χ3n) is 3.71. The van der Waals surface area contributed by atoms with Crippen LogP contribution < -0.4 is 5.32 Å². The molecule has 1 amide bonds. The number of benzene rings is 1. The van der Waals surface area contributed by atoms with Gasteiger partial charge in [-0.3, -0.25) is 4.79 Å². The van der Waals surface area contributed by atoms with Gasteiger partial charge in [-0.25, -0.2) is 12.7 Å². The van der Waals surface area contributed by atoms with Crippen LogP contribution in [0.3, 0.4) is 0 Å². The zero-order chi connectivity index (χ0) is 16.9. The first kappa shape index (κ1) is 18.6. The number of nitrogens with zero attached hydrogens (tertiary/aromatic N) is 1. The highest BCUT2D eigenvalue weighted by molar-refractivity contribution is 7.99. The first-order valence-corrected chi connectivity index (χ1v) is 10.7. The molecule has 0 aromatic heterocycles. The normalized spacial score (nSPS) is 19.5. The van der Waals surface area contributed by atoms with Gasteiger partial charge in [0.05, 0.1) is 12.2 Å². The van der Waals surface area contributed by atoms with E-state index in [2.05, 4.69) is 5.32 Å². The molecular formula is C15H21ClN2O3S2. The van der Waals surface area contributed by atoms with Crippen LogP contribution in [-0.2, 0) is 14.8 Å². The van der Waals surface area contributed by atoms with E-state index in [1.807, 2.05) is 24.3 Å². The fourth-order valence-corrected chi connectivity index (χ4v) is 4.28. The van der Waals surface area contributed by atoms with Crippen molar-refractivity contribution in [3.63, 3.8) is 0 Å². The van der Waals surface area contributed by atoms with Gasteiger partial charge in [-0.05, 0) is 37.1 Å². The largest absolute Gasteiger partial charge is 0.355 e. The van der Waals surface area contributed by atoms with Gasteiger partial charge in [0, 0.05) is 35.3 Å². The molecular weight excluding hydrogens is 356 g/mol. The number of carbonyl (C=O) groups is 1. The predicted octanol–water partition coefficient (Wildman–Crippen LogP) is 2.22. The molecule has 1 aliphatic rings. The molecule has 1 aromatic carbocycles. The summed E-state index contributed by atoms with van der Waals surface area (Å²) in [7, 11) is -3.22. The maximum atomic E-state index is 12.2. The van der Waals surface area contributed by atoms with E-state index in [0.29, 0.717) is 18.1 Å². The second kappa shape index (κ2) is 8.37. The molecule has 1 aliphatic heterocycles. The van der Waals surface area contributed by atoms with Gasteiger partial charge in [0.25, 0.3) is 0 Å². The number of hydrogen-bond donors (Lipinski definition) is 1. The van der Waals surface area contributed by atoms with E-state index in [1.165, 1.54) is 10.6 Å². The first-order valence-electron chi connectivity index (χ1n) is 7.47. The molecule has 0 aliphatic carbocycles. The molecule has 1 N–H and O–H groups in total. The lowest BCUT2D eigenvalue weighted by Crippen LogP contribution is -2.45. The van der Waals surface area contributed by atoms with E-state index in [-0.39, 0.29) is 18.4 Å². The second-order valence-electron chi connectivity index (χ2n) is 5.55. The number of thioether (sulfide) groups is 1. The molecule has 1 fully saturated rings. The van der Waals surface area contributed by atoms with Crippen molar-refractivity contribution in [1.29, 1.82) is 0 Å². The SMILES string of the molecule is CS(=O)(=O)N1CCCC(C(=O)NCCSc2ccc(Cl)cc2)C1.